The highest BCUT2D eigenvalue weighted by molar-refractivity contribution is 5.48. The van der Waals surface area contributed by atoms with E-state index in [1.165, 1.54) is 19.3 Å². The van der Waals surface area contributed by atoms with Gasteiger partial charge in [0.15, 0.2) is 0 Å². The molecule has 0 bridgehead atoms. The lowest BCUT2D eigenvalue weighted by atomic mass is 10.1. The number of aryl methyl sites for hydroxylation is 1. The number of hydrogen-bond acceptors (Lipinski definition) is 4. The summed E-state index contributed by atoms with van der Waals surface area (Å²) >= 11 is 0. The fraction of sp³-hybridized carbons (Fsp3) is 0.750. The molecule has 0 saturated heterocycles. The summed E-state index contributed by atoms with van der Waals surface area (Å²) < 4.78 is 0. The highest BCUT2D eigenvalue weighted by atomic mass is 15.1. The summed E-state index contributed by atoms with van der Waals surface area (Å²) in [4.78, 5) is 9.15. The largest absolute Gasteiger partial charge is 0.370 e. The second-order valence-corrected chi connectivity index (χ2v) is 5.76. The molecule has 1 saturated carbocycles. The van der Waals surface area contributed by atoms with Crippen molar-refractivity contribution in [3.63, 3.8) is 0 Å². The summed E-state index contributed by atoms with van der Waals surface area (Å²) in [7, 11) is 0. The van der Waals surface area contributed by atoms with Crippen LogP contribution in [0.25, 0.3) is 0 Å². The molecule has 112 valence electrons. The van der Waals surface area contributed by atoms with Gasteiger partial charge in [0.05, 0.1) is 0 Å². The Morgan fingerprint density at radius 3 is 2.55 bits per heavy atom. The van der Waals surface area contributed by atoms with Crippen molar-refractivity contribution in [2.75, 3.05) is 17.2 Å². The van der Waals surface area contributed by atoms with Gasteiger partial charge in [-0.15, -0.1) is 0 Å². The van der Waals surface area contributed by atoms with E-state index in [1.54, 1.807) is 0 Å². The Bertz CT molecular complexity index is 415. The van der Waals surface area contributed by atoms with Crippen molar-refractivity contribution in [3.8, 4) is 0 Å². The molecule has 4 heteroatoms. The maximum atomic E-state index is 4.61. The minimum atomic E-state index is 0.543. The van der Waals surface area contributed by atoms with Crippen molar-refractivity contribution >= 4 is 11.6 Å². The molecule has 0 aliphatic heterocycles. The maximum absolute atomic E-state index is 4.61. The third-order valence-corrected chi connectivity index (χ3v) is 3.80. The van der Waals surface area contributed by atoms with Gasteiger partial charge < -0.3 is 10.6 Å². The monoisotopic (exact) mass is 276 g/mol. The Hall–Kier alpha value is -1.32. The molecule has 4 nitrogen and oxygen atoms in total. The van der Waals surface area contributed by atoms with Gasteiger partial charge in [-0.2, -0.15) is 0 Å². The molecule has 1 heterocycles. The first-order valence-electron chi connectivity index (χ1n) is 8.13. The molecule has 2 N–H and O–H groups in total. The Morgan fingerprint density at radius 1 is 1.20 bits per heavy atom. The van der Waals surface area contributed by atoms with Crippen LogP contribution in [0, 0.1) is 5.92 Å². The molecule has 1 aromatic rings. The van der Waals surface area contributed by atoms with Crippen molar-refractivity contribution in [3.05, 3.63) is 11.9 Å². The van der Waals surface area contributed by atoms with Crippen LogP contribution >= 0.6 is 0 Å². The van der Waals surface area contributed by atoms with Crippen LogP contribution in [0.4, 0.5) is 11.6 Å². The van der Waals surface area contributed by atoms with Crippen molar-refractivity contribution in [2.45, 2.75) is 65.3 Å². The number of anilines is 2. The molecule has 1 fully saturated rings. The Morgan fingerprint density at radius 2 is 1.95 bits per heavy atom. The second-order valence-electron chi connectivity index (χ2n) is 5.76. The van der Waals surface area contributed by atoms with Crippen LogP contribution in [0.3, 0.4) is 0 Å². The lowest BCUT2D eigenvalue weighted by Gasteiger charge is -2.18. The van der Waals surface area contributed by atoms with Gasteiger partial charge in [-0.25, -0.2) is 9.97 Å². The van der Waals surface area contributed by atoms with Crippen molar-refractivity contribution in [1.82, 2.24) is 9.97 Å². The van der Waals surface area contributed by atoms with E-state index in [1.807, 2.05) is 6.07 Å². The minimum absolute atomic E-state index is 0.543. The quantitative estimate of drug-likeness (QED) is 0.719. The zero-order valence-corrected chi connectivity index (χ0v) is 13.1. The van der Waals surface area contributed by atoms with E-state index in [2.05, 4.69) is 41.4 Å². The molecule has 2 rings (SSSR count). The Labute approximate surface area is 122 Å². The van der Waals surface area contributed by atoms with E-state index in [9.17, 15) is 0 Å². The fourth-order valence-corrected chi connectivity index (χ4v) is 2.37. The summed E-state index contributed by atoms with van der Waals surface area (Å²) in [5.41, 5.74) is 0. The average Bonchev–Trinajstić information content (AvgIpc) is 3.28. The van der Waals surface area contributed by atoms with Gasteiger partial charge in [0.25, 0.3) is 0 Å². The topological polar surface area (TPSA) is 49.8 Å². The lowest BCUT2D eigenvalue weighted by Crippen LogP contribution is -2.20. The first kappa shape index (κ1) is 15.1. The van der Waals surface area contributed by atoms with Gasteiger partial charge in [-0.3, -0.25) is 0 Å². The van der Waals surface area contributed by atoms with Crippen LogP contribution in [0.15, 0.2) is 6.07 Å². The van der Waals surface area contributed by atoms with Gasteiger partial charge in [0.2, 0.25) is 0 Å². The van der Waals surface area contributed by atoms with Crippen molar-refractivity contribution in [2.24, 2.45) is 5.92 Å². The van der Waals surface area contributed by atoms with Crippen LogP contribution in [0.1, 0.15) is 58.7 Å². The van der Waals surface area contributed by atoms with Crippen LogP contribution in [-0.2, 0) is 6.42 Å². The van der Waals surface area contributed by atoms with E-state index in [4.69, 9.17) is 0 Å². The molecule has 1 aromatic heterocycles. The van der Waals surface area contributed by atoms with Gasteiger partial charge >= 0.3 is 0 Å². The predicted molar refractivity (Wildman–Crippen MR) is 85.2 cm³/mol. The van der Waals surface area contributed by atoms with E-state index >= 15 is 0 Å². The van der Waals surface area contributed by atoms with E-state index in [0.717, 1.165) is 49.2 Å². The van der Waals surface area contributed by atoms with Crippen LogP contribution in [0.2, 0.25) is 0 Å². The molecule has 1 unspecified atom stereocenters. The Balaban J connectivity index is 2.03. The average molecular weight is 276 g/mol. The molecule has 0 amide bonds. The van der Waals surface area contributed by atoms with E-state index in [0.29, 0.717) is 6.04 Å². The normalized spacial score (nSPS) is 15.9. The molecule has 0 aromatic carbocycles. The van der Waals surface area contributed by atoms with Crippen molar-refractivity contribution in [1.29, 1.82) is 0 Å². The first-order valence-corrected chi connectivity index (χ1v) is 8.13. The van der Waals surface area contributed by atoms with Gasteiger partial charge in [-0.1, -0.05) is 33.6 Å². The van der Waals surface area contributed by atoms with Crippen LogP contribution in [0.5, 0.6) is 0 Å². The smallest absolute Gasteiger partial charge is 0.132 e. The maximum Gasteiger partial charge on any atom is 0.132 e. The van der Waals surface area contributed by atoms with Crippen molar-refractivity contribution < 1.29 is 0 Å². The molecular weight excluding hydrogens is 248 g/mol. The zero-order valence-electron chi connectivity index (χ0n) is 13.1. The summed E-state index contributed by atoms with van der Waals surface area (Å²) in [5.74, 6) is 3.78. The molecule has 1 atom stereocenters. The van der Waals surface area contributed by atoms with Gasteiger partial charge in [0.1, 0.15) is 17.5 Å². The highest BCUT2D eigenvalue weighted by Gasteiger charge is 2.24. The highest BCUT2D eigenvalue weighted by Crippen LogP contribution is 2.34. The summed E-state index contributed by atoms with van der Waals surface area (Å²) in [5, 5.41) is 6.96. The third-order valence-electron chi connectivity index (χ3n) is 3.80. The molecular formula is C16H28N4. The standard InChI is InChI=1S/C16H28N4/c1-4-9-17-15-11-16(20-14(6-3)19-15)18-13(5-2)10-12-7-8-12/h11-13H,4-10H2,1-3H3,(H2,17,18,19,20). The molecule has 0 radical (unpaired) electrons. The third kappa shape index (κ3) is 4.66. The first-order chi connectivity index (χ1) is 9.75. The van der Waals surface area contributed by atoms with Crippen LogP contribution in [-0.4, -0.2) is 22.6 Å². The van der Waals surface area contributed by atoms with Gasteiger partial charge in [0, 0.05) is 25.1 Å². The summed E-state index contributed by atoms with van der Waals surface area (Å²) in [6.07, 6.45) is 7.22. The fourth-order valence-electron chi connectivity index (χ4n) is 2.37. The predicted octanol–water partition coefficient (Wildman–Crippen LogP) is 3.85. The number of nitrogens with zero attached hydrogens (tertiary/aromatic N) is 2. The second kappa shape index (κ2) is 7.46. The van der Waals surface area contributed by atoms with E-state index < -0.39 is 0 Å². The number of hydrogen-bond donors (Lipinski definition) is 2. The minimum Gasteiger partial charge on any atom is -0.370 e. The number of rotatable bonds is 9. The summed E-state index contributed by atoms with van der Waals surface area (Å²) in [6, 6.07) is 2.59. The SMILES string of the molecule is CCCNc1cc(NC(CC)CC2CC2)nc(CC)n1. The van der Waals surface area contributed by atoms with Crippen LogP contribution < -0.4 is 10.6 Å². The molecule has 1 aliphatic rings. The summed E-state index contributed by atoms with van der Waals surface area (Å²) in [6.45, 7) is 7.47. The zero-order chi connectivity index (χ0) is 14.4. The number of aromatic nitrogens is 2. The van der Waals surface area contributed by atoms with Gasteiger partial charge in [-0.05, 0) is 25.2 Å². The molecule has 0 spiro atoms. The van der Waals surface area contributed by atoms with E-state index in [-0.39, 0.29) is 0 Å². The molecule has 1 aliphatic carbocycles. The molecule has 20 heavy (non-hydrogen) atoms. The number of nitrogens with one attached hydrogen (secondary N) is 2. The Kier molecular flexibility index (Phi) is 5.62. The lowest BCUT2D eigenvalue weighted by molar-refractivity contribution is 0.584.